The van der Waals surface area contributed by atoms with Gasteiger partial charge in [-0.15, -0.1) is 0 Å². The van der Waals surface area contributed by atoms with Crippen LogP contribution in [0.25, 0.3) is 0 Å². The third-order valence-electron chi connectivity index (χ3n) is 4.85. The highest BCUT2D eigenvalue weighted by molar-refractivity contribution is 8.01. The summed E-state index contributed by atoms with van der Waals surface area (Å²) in [5.74, 6) is 1.51. The van der Waals surface area contributed by atoms with E-state index < -0.39 is 7.26 Å². The highest BCUT2D eigenvalue weighted by atomic mass is 31.2. The summed E-state index contributed by atoms with van der Waals surface area (Å²) in [4.78, 5) is 7.00. The van der Waals surface area contributed by atoms with Crippen molar-refractivity contribution >= 4 is 34.5 Å². The van der Waals surface area contributed by atoms with Gasteiger partial charge in [-0.3, -0.25) is 0 Å². The van der Waals surface area contributed by atoms with Crippen LogP contribution in [-0.4, -0.2) is 19.1 Å². The Morgan fingerprint density at radius 2 is 1.07 bits per heavy atom. The van der Waals surface area contributed by atoms with Crippen LogP contribution in [0.3, 0.4) is 0 Å². The molecular weight excluding hydrogens is 363 g/mol. The summed E-state index contributed by atoms with van der Waals surface area (Å²) in [6.07, 6.45) is 0. The van der Waals surface area contributed by atoms with Crippen molar-refractivity contribution in [1.29, 1.82) is 0 Å². The summed E-state index contributed by atoms with van der Waals surface area (Å²) in [5.41, 5.74) is 1.01. The van der Waals surface area contributed by atoms with Gasteiger partial charge in [0.1, 0.15) is 15.9 Å². The number of aromatic nitrogens is 1. The lowest BCUT2D eigenvalue weighted by atomic mass is 10.4. The fourth-order valence-corrected chi connectivity index (χ4v) is 7.99. The quantitative estimate of drug-likeness (QED) is 0.490. The predicted octanol–water partition coefficient (Wildman–Crippen LogP) is 3.67. The molecule has 140 valence electrons. The number of hydrogen-bond acceptors (Lipinski definition) is 3. The molecule has 0 fully saturated rings. The molecule has 3 nitrogen and oxygen atoms in total. The Morgan fingerprint density at radius 1 is 0.679 bits per heavy atom. The first-order chi connectivity index (χ1) is 13.6. The molecular formula is C24H24N2OP+. The van der Waals surface area contributed by atoms with Crippen molar-refractivity contribution in [2.24, 2.45) is 0 Å². The van der Waals surface area contributed by atoms with E-state index in [-0.39, 0.29) is 0 Å². The van der Waals surface area contributed by atoms with E-state index in [2.05, 4.69) is 91.0 Å². The summed E-state index contributed by atoms with van der Waals surface area (Å²) in [6, 6.07) is 32.2. The molecule has 0 N–H and O–H groups in total. The van der Waals surface area contributed by atoms with Crippen LogP contribution in [0.1, 0.15) is 5.89 Å². The van der Waals surface area contributed by atoms with Crippen LogP contribution < -0.4 is 26.2 Å². The summed E-state index contributed by atoms with van der Waals surface area (Å²) in [7, 11) is 1.80. The first kappa shape index (κ1) is 18.5. The van der Waals surface area contributed by atoms with Gasteiger partial charge in [0.15, 0.2) is 13.2 Å². The number of oxazole rings is 1. The van der Waals surface area contributed by atoms with Gasteiger partial charge in [-0.1, -0.05) is 54.6 Å². The maximum Gasteiger partial charge on any atom is 0.261 e. The lowest BCUT2D eigenvalue weighted by Gasteiger charge is -2.26. The van der Waals surface area contributed by atoms with E-state index in [1.807, 2.05) is 25.9 Å². The van der Waals surface area contributed by atoms with E-state index in [0.717, 1.165) is 11.3 Å². The van der Waals surface area contributed by atoms with Gasteiger partial charge in [-0.05, 0) is 36.4 Å². The third kappa shape index (κ3) is 3.02. The maximum absolute atomic E-state index is 6.09. The summed E-state index contributed by atoms with van der Waals surface area (Å²) in [5, 5.41) is 3.80. The number of rotatable bonds is 5. The smallest absolute Gasteiger partial charge is 0.261 e. The molecule has 0 unspecified atom stereocenters. The molecule has 4 rings (SSSR count). The van der Waals surface area contributed by atoms with E-state index in [9.17, 15) is 0 Å². The van der Waals surface area contributed by atoms with Crippen LogP contribution in [0, 0.1) is 6.92 Å². The molecule has 0 saturated heterocycles. The minimum Gasteiger partial charge on any atom is -0.421 e. The Kier molecular flexibility index (Phi) is 5.02. The van der Waals surface area contributed by atoms with Gasteiger partial charge in [0, 0.05) is 21.0 Å². The van der Waals surface area contributed by atoms with Crippen LogP contribution >= 0.6 is 7.26 Å². The molecule has 3 aromatic carbocycles. The number of benzene rings is 3. The Hall–Kier alpha value is -2.90. The SMILES string of the molecule is Cc1nc([P+](c2ccccc2)(c2ccccc2)c2ccccc2)c(N(C)C)o1. The molecule has 1 heterocycles. The first-order valence-electron chi connectivity index (χ1n) is 9.35. The van der Waals surface area contributed by atoms with Gasteiger partial charge in [-0.25, -0.2) is 0 Å². The monoisotopic (exact) mass is 387 g/mol. The van der Waals surface area contributed by atoms with E-state index in [4.69, 9.17) is 9.40 Å². The summed E-state index contributed by atoms with van der Waals surface area (Å²) < 4.78 is 6.09. The largest absolute Gasteiger partial charge is 0.421 e. The first-order valence-corrected chi connectivity index (χ1v) is 11.1. The number of hydrogen-bond donors (Lipinski definition) is 0. The Balaban J connectivity index is 2.17. The molecule has 0 spiro atoms. The van der Waals surface area contributed by atoms with Crippen molar-refractivity contribution in [3.63, 3.8) is 0 Å². The molecule has 4 heteroatoms. The molecule has 0 aliphatic carbocycles. The molecule has 0 aliphatic rings. The number of nitrogens with zero attached hydrogens (tertiary/aromatic N) is 2. The van der Waals surface area contributed by atoms with Crippen molar-refractivity contribution in [3.8, 4) is 0 Å². The van der Waals surface area contributed by atoms with Crippen molar-refractivity contribution in [2.45, 2.75) is 6.92 Å². The van der Waals surface area contributed by atoms with Crippen molar-refractivity contribution in [2.75, 3.05) is 19.0 Å². The predicted molar refractivity (Wildman–Crippen MR) is 120 cm³/mol. The minimum atomic E-state index is -2.22. The second-order valence-corrected chi connectivity index (χ2v) is 10.2. The molecule has 0 radical (unpaired) electrons. The van der Waals surface area contributed by atoms with Crippen molar-refractivity contribution < 1.29 is 4.42 Å². The van der Waals surface area contributed by atoms with E-state index in [0.29, 0.717) is 5.89 Å². The van der Waals surface area contributed by atoms with Crippen molar-refractivity contribution in [3.05, 3.63) is 96.9 Å². The second-order valence-electron chi connectivity index (χ2n) is 6.93. The molecule has 0 aliphatic heterocycles. The Labute approximate surface area is 167 Å². The number of aryl methyl sites for hydroxylation is 1. The average molecular weight is 387 g/mol. The zero-order valence-electron chi connectivity index (χ0n) is 16.4. The van der Waals surface area contributed by atoms with Crippen LogP contribution in [0.15, 0.2) is 95.4 Å². The zero-order valence-corrected chi connectivity index (χ0v) is 17.3. The molecule has 0 atom stereocenters. The molecule has 0 amide bonds. The normalized spacial score (nSPS) is 11.4. The molecule has 0 bridgehead atoms. The van der Waals surface area contributed by atoms with Gasteiger partial charge in [0.2, 0.25) is 0 Å². The fraction of sp³-hybridized carbons (Fsp3) is 0.125. The van der Waals surface area contributed by atoms with Gasteiger partial charge in [-0.2, -0.15) is 4.98 Å². The van der Waals surface area contributed by atoms with E-state index >= 15 is 0 Å². The van der Waals surface area contributed by atoms with Crippen molar-refractivity contribution in [1.82, 2.24) is 4.98 Å². The third-order valence-corrected chi connectivity index (χ3v) is 9.00. The fourth-order valence-electron chi connectivity index (χ4n) is 3.68. The Morgan fingerprint density at radius 3 is 1.43 bits per heavy atom. The highest BCUT2D eigenvalue weighted by Gasteiger charge is 2.53. The van der Waals surface area contributed by atoms with Crippen LogP contribution in [0.5, 0.6) is 0 Å². The minimum absolute atomic E-state index is 0.686. The van der Waals surface area contributed by atoms with Gasteiger partial charge < -0.3 is 9.32 Å². The Bertz CT molecular complexity index is 947. The standard InChI is InChI=1S/C24H24N2OP/c1-19-25-23(24(27-19)26(2)3)28(20-13-7-4-8-14-20,21-15-9-5-10-16-21)22-17-11-6-12-18-22/h4-18H,1-3H3/q+1. The number of anilines is 1. The second kappa shape index (κ2) is 7.61. The van der Waals surface area contributed by atoms with Crippen LogP contribution in [0.4, 0.5) is 5.88 Å². The molecule has 28 heavy (non-hydrogen) atoms. The van der Waals surface area contributed by atoms with Gasteiger partial charge in [0.05, 0.1) is 0 Å². The van der Waals surface area contributed by atoms with E-state index in [1.54, 1.807) is 0 Å². The summed E-state index contributed by atoms with van der Waals surface area (Å²) >= 11 is 0. The lowest BCUT2D eigenvalue weighted by molar-refractivity contribution is 0.522. The molecule has 0 saturated carbocycles. The van der Waals surface area contributed by atoms with Crippen LogP contribution in [-0.2, 0) is 0 Å². The van der Waals surface area contributed by atoms with Crippen LogP contribution in [0.2, 0.25) is 0 Å². The van der Waals surface area contributed by atoms with Gasteiger partial charge in [0.25, 0.3) is 11.3 Å². The van der Waals surface area contributed by atoms with Gasteiger partial charge >= 0.3 is 0 Å². The summed E-state index contributed by atoms with van der Waals surface area (Å²) in [6.45, 7) is 1.92. The molecule has 4 aromatic rings. The maximum atomic E-state index is 6.09. The van der Waals surface area contributed by atoms with E-state index in [1.165, 1.54) is 15.9 Å². The highest BCUT2D eigenvalue weighted by Crippen LogP contribution is 2.55. The molecule has 1 aromatic heterocycles. The zero-order chi connectivity index (χ0) is 19.6. The topological polar surface area (TPSA) is 29.3 Å². The lowest BCUT2D eigenvalue weighted by Crippen LogP contribution is -2.40. The average Bonchev–Trinajstić information content (AvgIpc) is 3.13.